The molecule has 0 unspecified atom stereocenters. The smallest absolute Gasteiger partial charge is 0.343 e. The molecule has 2 heterocycles. The van der Waals surface area contributed by atoms with E-state index in [9.17, 15) is 22.4 Å². The standard InChI is InChI=1S/C21H15FN4O5S2/c1-2-33(29,30)21-25-26-17(23)16(18(27)24-20(26)32-21)11-12-3-9-15(10-4-12)31-19(28)13-5-7-14(22)8-6-13/h3-11,23H,2H2,1H3/b16-11+,23-17?. The number of nitrogens with zero attached hydrogens (tertiary/aromatic N) is 3. The van der Waals surface area contributed by atoms with Crippen LogP contribution in [0.3, 0.4) is 0 Å². The van der Waals surface area contributed by atoms with Crippen molar-refractivity contribution < 1.29 is 27.1 Å². The molecule has 0 bridgehead atoms. The van der Waals surface area contributed by atoms with Gasteiger partial charge in [0.2, 0.25) is 19.4 Å². The summed E-state index contributed by atoms with van der Waals surface area (Å²) in [6.07, 6.45) is 1.41. The van der Waals surface area contributed by atoms with Gasteiger partial charge >= 0.3 is 5.97 Å². The van der Waals surface area contributed by atoms with E-state index < -0.39 is 27.5 Å². The number of fused-ring (bicyclic) bond motifs is 1. The Morgan fingerprint density at radius 1 is 1.18 bits per heavy atom. The molecular formula is C21H15FN4O5S2. The van der Waals surface area contributed by atoms with E-state index in [2.05, 4.69) is 10.1 Å². The number of carbonyl (C=O) groups excluding carboxylic acids is 2. The molecule has 1 amide bonds. The number of esters is 1. The van der Waals surface area contributed by atoms with Crippen LogP contribution in [0.4, 0.5) is 4.39 Å². The lowest BCUT2D eigenvalue weighted by Crippen LogP contribution is -2.35. The van der Waals surface area contributed by atoms with Gasteiger partial charge in [0.15, 0.2) is 5.84 Å². The number of aliphatic imine (C=N–C) groups is 1. The van der Waals surface area contributed by atoms with E-state index >= 15 is 0 Å². The Hall–Kier alpha value is -3.64. The summed E-state index contributed by atoms with van der Waals surface area (Å²) < 4.78 is 42.1. The Labute approximate surface area is 192 Å². The third-order valence-electron chi connectivity index (χ3n) is 4.56. The molecule has 2 aromatic carbocycles. The summed E-state index contributed by atoms with van der Waals surface area (Å²) >= 11 is 0.728. The fraction of sp³-hybridized carbons (Fsp3) is 0.0952. The molecule has 0 fully saturated rings. The monoisotopic (exact) mass is 486 g/mol. The molecule has 33 heavy (non-hydrogen) atoms. The predicted octanol–water partition coefficient (Wildman–Crippen LogP) is 3.06. The summed E-state index contributed by atoms with van der Waals surface area (Å²) in [4.78, 5) is 28.4. The Kier molecular flexibility index (Phi) is 5.95. The number of nitrogens with one attached hydrogen (secondary N) is 1. The van der Waals surface area contributed by atoms with Crippen molar-refractivity contribution >= 4 is 54.9 Å². The normalized spacial score (nSPS) is 17.0. The van der Waals surface area contributed by atoms with Gasteiger partial charge in [0.1, 0.15) is 11.6 Å². The van der Waals surface area contributed by atoms with Gasteiger partial charge in [0, 0.05) is 0 Å². The first-order valence-corrected chi connectivity index (χ1v) is 12.0. The van der Waals surface area contributed by atoms with Crippen molar-refractivity contribution in [3.8, 4) is 5.75 Å². The molecule has 0 atom stereocenters. The second-order valence-electron chi connectivity index (χ2n) is 6.75. The molecule has 2 aliphatic heterocycles. The quantitative estimate of drug-likeness (QED) is 0.399. The predicted molar refractivity (Wildman–Crippen MR) is 122 cm³/mol. The number of benzene rings is 2. The van der Waals surface area contributed by atoms with E-state index in [1.807, 2.05) is 0 Å². The van der Waals surface area contributed by atoms with Gasteiger partial charge in [-0.15, -0.1) is 5.10 Å². The van der Waals surface area contributed by atoms with E-state index in [1.54, 1.807) is 12.1 Å². The molecule has 0 spiro atoms. The van der Waals surface area contributed by atoms with Crippen molar-refractivity contribution in [1.82, 2.24) is 5.01 Å². The van der Waals surface area contributed by atoms with Crippen molar-refractivity contribution in [2.75, 3.05) is 5.75 Å². The third-order valence-corrected chi connectivity index (χ3v) is 7.65. The lowest BCUT2D eigenvalue weighted by atomic mass is 10.1. The number of rotatable bonds is 4. The molecular weight excluding hydrogens is 471 g/mol. The highest BCUT2D eigenvalue weighted by Gasteiger charge is 2.39. The largest absolute Gasteiger partial charge is 0.423 e. The first-order chi connectivity index (χ1) is 15.7. The fourth-order valence-corrected chi connectivity index (χ4v) is 4.94. The van der Waals surface area contributed by atoms with E-state index in [1.165, 1.54) is 37.3 Å². The van der Waals surface area contributed by atoms with Gasteiger partial charge in [-0.3, -0.25) is 10.2 Å². The van der Waals surface area contributed by atoms with Crippen LogP contribution in [0.1, 0.15) is 22.8 Å². The average Bonchev–Trinajstić information content (AvgIpc) is 3.23. The van der Waals surface area contributed by atoms with Gasteiger partial charge in [-0.2, -0.15) is 10.0 Å². The number of halogens is 1. The molecule has 2 aromatic rings. The van der Waals surface area contributed by atoms with Crippen LogP contribution in [0.2, 0.25) is 0 Å². The zero-order chi connectivity index (χ0) is 23.8. The van der Waals surface area contributed by atoms with Crippen molar-refractivity contribution in [2.45, 2.75) is 6.92 Å². The number of thioether (sulfide) groups is 1. The van der Waals surface area contributed by atoms with Crippen molar-refractivity contribution in [3.63, 3.8) is 0 Å². The Balaban J connectivity index is 1.52. The number of hydrogen-bond donors (Lipinski definition) is 1. The number of hydrazone groups is 1. The number of sulfone groups is 1. The Morgan fingerprint density at radius 2 is 1.85 bits per heavy atom. The van der Waals surface area contributed by atoms with Crippen LogP contribution in [-0.4, -0.2) is 46.4 Å². The molecule has 0 aliphatic carbocycles. The molecule has 2 aliphatic rings. The first kappa shape index (κ1) is 22.6. The molecule has 9 nitrogen and oxygen atoms in total. The van der Waals surface area contributed by atoms with Crippen molar-refractivity contribution in [1.29, 1.82) is 5.41 Å². The minimum absolute atomic E-state index is 0.0113. The Morgan fingerprint density at radius 3 is 2.48 bits per heavy atom. The third kappa shape index (κ3) is 4.61. The summed E-state index contributed by atoms with van der Waals surface area (Å²) in [5, 5.41) is 13.3. The summed E-state index contributed by atoms with van der Waals surface area (Å²) in [6, 6.07) is 11.0. The fourth-order valence-electron chi connectivity index (χ4n) is 2.77. The molecule has 12 heteroatoms. The topological polar surface area (TPSA) is 129 Å². The second kappa shape index (κ2) is 8.71. The second-order valence-corrected chi connectivity index (χ2v) is 10.2. The van der Waals surface area contributed by atoms with Crippen molar-refractivity contribution in [2.24, 2.45) is 10.1 Å². The van der Waals surface area contributed by atoms with Crippen molar-refractivity contribution in [3.05, 3.63) is 71.0 Å². The van der Waals surface area contributed by atoms with Crippen LogP contribution < -0.4 is 4.74 Å². The van der Waals surface area contributed by atoms with E-state index in [0.29, 0.717) is 5.56 Å². The molecule has 168 valence electrons. The molecule has 0 saturated carbocycles. The van der Waals surface area contributed by atoms with Gasteiger partial charge in [-0.1, -0.05) is 19.1 Å². The minimum Gasteiger partial charge on any atom is -0.423 e. The maximum absolute atomic E-state index is 13.0. The zero-order valence-electron chi connectivity index (χ0n) is 17.0. The van der Waals surface area contributed by atoms with Gasteiger partial charge < -0.3 is 4.74 Å². The van der Waals surface area contributed by atoms with Gasteiger partial charge in [-0.25, -0.2) is 17.6 Å². The van der Waals surface area contributed by atoms with Crippen LogP contribution in [0.5, 0.6) is 5.75 Å². The maximum Gasteiger partial charge on any atom is 0.343 e. The zero-order valence-corrected chi connectivity index (χ0v) is 18.6. The number of hydrogen-bond acceptors (Lipinski definition) is 8. The lowest BCUT2D eigenvalue weighted by molar-refractivity contribution is -0.114. The SMILES string of the molecule is CCS(=O)(=O)C1=NN2C(=N)/C(=C\c3ccc(OC(=O)c4ccc(F)cc4)cc3)C(=O)N=C2S1. The van der Waals surface area contributed by atoms with Crippen LogP contribution in [0.25, 0.3) is 6.08 Å². The lowest BCUT2D eigenvalue weighted by Gasteiger charge is -2.20. The maximum atomic E-state index is 13.0. The average molecular weight is 487 g/mol. The van der Waals surface area contributed by atoms with E-state index in [4.69, 9.17) is 10.1 Å². The highest BCUT2D eigenvalue weighted by molar-refractivity contribution is 8.42. The first-order valence-electron chi connectivity index (χ1n) is 9.49. The molecule has 0 radical (unpaired) electrons. The van der Waals surface area contributed by atoms with Crippen LogP contribution >= 0.6 is 11.8 Å². The van der Waals surface area contributed by atoms with Crippen LogP contribution in [-0.2, 0) is 14.6 Å². The Bertz CT molecular complexity index is 1360. The summed E-state index contributed by atoms with van der Waals surface area (Å²) in [5.41, 5.74) is 0.626. The highest BCUT2D eigenvalue weighted by atomic mass is 32.3. The number of amides is 1. The minimum atomic E-state index is -3.61. The van der Waals surface area contributed by atoms with Gasteiger partial charge in [0.05, 0.1) is 16.9 Å². The van der Waals surface area contributed by atoms with E-state index in [0.717, 1.165) is 28.9 Å². The number of carbonyl (C=O) groups is 2. The molecule has 0 aromatic heterocycles. The van der Waals surface area contributed by atoms with E-state index in [-0.39, 0.29) is 38.0 Å². The van der Waals surface area contributed by atoms with Crippen LogP contribution in [0, 0.1) is 11.2 Å². The summed E-state index contributed by atoms with van der Waals surface area (Å²) in [6.45, 7) is 1.47. The molecule has 4 rings (SSSR count). The molecule has 0 saturated heterocycles. The molecule has 1 N–H and O–H groups in total. The summed E-state index contributed by atoms with van der Waals surface area (Å²) in [7, 11) is -3.61. The van der Waals surface area contributed by atoms with Gasteiger partial charge in [0.25, 0.3) is 5.91 Å². The summed E-state index contributed by atoms with van der Waals surface area (Å²) in [5.74, 6) is -2.06. The van der Waals surface area contributed by atoms with Crippen LogP contribution in [0.15, 0.2) is 64.2 Å². The van der Waals surface area contributed by atoms with Gasteiger partial charge in [-0.05, 0) is 59.8 Å². The highest BCUT2D eigenvalue weighted by Crippen LogP contribution is 2.30. The number of ether oxygens (including phenoxy) is 1. The number of amidine groups is 2.